The summed E-state index contributed by atoms with van der Waals surface area (Å²) in [5.74, 6) is 5.03. The fourth-order valence-electron chi connectivity index (χ4n) is 0.575. The van der Waals surface area contributed by atoms with Crippen molar-refractivity contribution in [3.8, 4) is 11.8 Å². The molecule has 11 heavy (non-hydrogen) atoms. The van der Waals surface area contributed by atoms with Crippen LogP contribution in [0.15, 0.2) is 24.5 Å². The van der Waals surface area contributed by atoms with Crippen LogP contribution in [0.2, 0.25) is 0 Å². The molecule has 1 heterocycles. The molecule has 3 nitrogen and oxygen atoms in total. The minimum atomic E-state index is -0.123. The normalized spacial score (nSPS) is 8.00. The molecule has 0 aliphatic carbocycles. The predicted octanol–water partition coefficient (Wildman–Crippen LogP) is 0.369. The summed E-state index contributed by atoms with van der Waals surface area (Å²) in [6.07, 6.45) is 3.29. The fraction of sp³-hybridized carbons (Fsp3) is 0. The zero-order valence-corrected chi connectivity index (χ0v) is 5.83. The average molecular weight is 145 g/mol. The Morgan fingerprint density at radius 3 is 2.64 bits per heavy atom. The van der Waals surface area contributed by atoms with Crippen molar-refractivity contribution in [2.45, 2.75) is 0 Å². The van der Waals surface area contributed by atoms with E-state index < -0.39 is 0 Å². The average Bonchev–Trinajstić information content (AvgIpc) is 2.03. The lowest BCUT2D eigenvalue weighted by Gasteiger charge is -1.84. The number of nitrogens with zero attached hydrogens (tertiary/aromatic N) is 1. The summed E-state index contributed by atoms with van der Waals surface area (Å²) in [4.78, 5) is 3.82. The number of amidine groups is 1. The first-order valence-corrected chi connectivity index (χ1v) is 3.05. The van der Waals surface area contributed by atoms with Gasteiger partial charge >= 0.3 is 0 Å². The highest BCUT2D eigenvalue weighted by molar-refractivity contribution is 5.94. The topological polar surface area (TPSA) is 62.8 Å². The molecule has 0 aromatic carbocycles. The standard InChI is InChI=1S/C8H7N3/c9-8(10)2-1-7-3-5-11-6-4-7/h3-6H,(H3,9,10). The van der Waals surface area contributed by atoms with E-state index in [1.807, 2.05) is 0 Å². The van der Waals surface area contributed by atoms with E-state index in [0.29, 0.717) is 0 Å². The molecule has 54 valence electrons. The van der Waals surface area contributed by atoms with Crippen molar-refractivity contribution in [1.29, 1.82) is 5.41 Å². The number of nitrogens with one attached hydrogen (secondary N) is 1. The van der Waals surface area contributed by atoms with E-state index in [0.717, 1.165) is 5.56 Å². The van der Waals surface area contributed by atoms with Gasteiger partial charge in [-0.05, 0) is 18.1 Å². The lowest BCUT2D eigenvalue weighted by Crippen LogP contribution is -2.04. The molecule has 0 saturated carbocycles. The third kappa shape index (κ3) is 2.50. The molecule has 0 atom stereocenters. The van der Waals surface area contributed by atoms with Crippen LogP contribution in [0.5, 0.6) is 0 Å². The van der Waals surface area contributed by atoms with Crippen molar-refractivity contribution in [3.05, 3.63) is 30.1 Å². The third-order valence-corrected chi connectivity index (χ3v) is 1.02. The molecule has 0 fully saturated rings. The van der Waals surface area contributed by atoms with Crippen LogP contribution in [0, 0.1) is 17.3 Å². The maximum Gasteiger partial charge on any atom is 0.168 e. The number of nitrogens with two attached hydrogens (primary N) is 1. The van der Waals surface area contributed by atoms with Gasteiger partial charge in [-0.2, -0.15) is 0 Å². The van der Waals surface area contributed by atoms with E-state index in [1.54, 1.807) is 24.5 Å². The Labute approximate surface area is 64.8 Å². The molecule has 0 unspecified atom stereocenters. The van der Waals surface area contributed by atoms with Crippen molar-refractivity contribution in [1.82, 2.24) is 4.98 Å². The highest BCUT2D eigenvalue weighted by Crippen LogP contribution is 1.90. The Bertz CT molecular complexity index is 305. The van der Waals surface area contributed by atoms with E-state index in [1.165, 1.54) is 0 Å². The first-order valence-electron chi connectivity index (χ1n) is 3.05. The first-order chi connectivity index (χ1) is 5.29. The van der Waals surface area contributed by atoms with Crippen LogP contribution >= 0.6 is 0 Å². The van der Waals surface area contributed by atoms with Crippen molar-refractivity contribution in [3.63, 3.8) is 0 Å². The number of rotatable bonds is 0. The SMILES string of the molecule is N=C(N)C#Cc1ccncc1. The lowest BCUT2D eigenvalue weighted by atomic mass is 10.3. The largest absolute Gasteiger partial charge is 0.377 e. The molecule has 1 rings (SSSR count). The monoisotopic (exact) mass is 145 g/mol. The van der Waals surface area contributed by atoms with Crippen LogP contribution in [0.25, 0.3) is 0 Å². The van der Waals surface area contributed by atoms with Gasteiger partial charge in [0.1, 0.15) is 0 Å². The van der Waals surface area contributed by atoms with Gasteiger partial charge in [-0.1, -0.05) is 5.92 Å². The number of aromatic nitrogens is 1. The summed E-state index contributed by atoms with van der Waals surface area (Å²) in [7, 11) is 0. The quantitative estimate of drug-likeness (QED) is 0.314. The van der Waals surface area contributed by atoms with E-state index in [9.17, 15) is 0 Å². The van der Waals surface area contributed by atoms with E-state index in [2.05, 4.69) is 16.8 Å². The first kappa shape index (κ1) is 7.29. The number of hydrogen-bond donors (Lipinski definition) is 2. The molecule has 0 aliphatic rings. The Kier molecular flexibility index (Phi) is 2.24. The molecule has 0 saturated heterocycles. The molecule has 1 aromatic heterocycles. The van der Waals surface area contributed by atoms with Gasteiger partial charge in [0.05, 0.1) is 0 Å². The van der Waals surface area contributed by atoms with Crippen molar-refractivity contribution < 1.29 is 0 Å². The summed E-state index contributed by atoms with van der Waals surface area (Å²) >= 11 is 0. The van der Waals surface area contributed by atoms with Gasteiger partial charge in [-0.15, -0.1) is 0 Å². The maximum atomic E-state index is 6.83. The molecule has 0 bridgehead atoms. The highest BCUT2D eigenvalue weighted by atomic mass is 14.7. The van der Waals surface area contributed by atoms with Gasteiger partial charge in [-0.25, -0.2) is 0 Å². The van der Waals surface area contributed by atoms with Crippen molar-refractivity contribution >= 4 is 5.84 Å². The fourth-order valence-corrected chi connectivity index (χ4v) is 0.575. The number of hydrogen-bond acceptors (Lipinski definition) is 2. The van der Waals surface area contributed by atoms with Gasteiger partial charge in [-0.3, -0.25) is 10.4 Å². The maximum absolute atomic E-state index is 6.83. The van der Waals surface area contributed by atoms with E-state index >= 15 is 0 Å². The molecule has 0 radical (unpaired) electrons. The molecule has 0 amide bonds. The molecule has 3 heteroatoms. The van der Waals surface area contributed by atoms with Crippen LogP contribution in [0.1, 0.15) is 5.56 Å². The van der Waals surface area contributed by atoms with Crippen LogP contribution in [0.3, 0.4) is 0 Å². The molecular formula is C8H7N3. The molecule has 1 aromatic rings. The lowest BCUT2D eigenvalue weighted by molar-refractivity contribution is 1.32. The highest BCUT2D eigenvalue weighted by Gasteiger charge is 1.81. The second-order valence-corrected chi connectivity index (χ2v) is 1.90. The predicted molar refractivity (Wildman–Crippen MR) is 43.0 cm³/mol. The summed E-state index contributed by atoms with van der Waals surface area (Å²) in [5, 5.41) is 6.83. The molecule has 0 spiro atoms. The molecule has 0 aliphatic heterocycles. The van der Waals surface area contributed by atoms with Gasteiger partial charge in [0.25, 0.3) is 0 Å². The van der Waals surface area contributed by atoms with E-state index in [4.69, 9.17) is 11.1 Å². The second-order valence-electron chi connectivity index (χ2n) is 1.90. The summed E-state index contributed by atoms with van der Waals surface area (Å²) in [5.41, 5.74) is 5.85. The Morgan fingerprint density at radius 1 is 1.45 bits per heavy atom. The Hall–Kier alpha value is -1.82. The zero-order chi connectivity index (χ0) is 8.10. The van der Waals surface area contributed by atoms with Gasteiger partial charge in [0, 0.05) is 18.0 Å². The van der Waals surface area contributed by atoms with Crippen molar-refractivity contribution in [2.75, 3.05) is 0 Å². The second kappa shape index (κ2) is 3.37. The van der Waals surface area contributed by atoms with Gasteiger partial charge in [0.15, 0.2) is 5.84 Å². The third-order valence-electron chi connectivity index (χ3n) is 1.02. The van der Waals surface area contributed by atoms with E-state index in [-0.39, 0.29) is 5.84 Å². The smallest absolute Gasteiger partial charge is 0.168 e. The Balaban J connectivity index is 2.83. The van der Waals surface area contributed by atoms with Crippen LogP contribution in [-0.4, -0.2) is 10.8 Å². The van der Waals surface area contributed by atoms with Gasteiger partial charge < -0.3 is 5.73 Å². The summed E-state index contributed by atoms with van der Waals surface area (Å²) in [6.45, 7) is 0. The number of pyridine rings is 1. The minimum absolute atomic E-state index is 0.123. The Morgan fingerprint density at radius 2 is 2.09 bits per heavy atom. The van der Waals surface area contributed by atoms with Crippen LogP contribution in [-0.2, 0) is 0 Å². The minimum Gasteiger partial charge on any atom is -0.377 e. The summed E-state index contributed by atoms with van der Waals surface area (Å²) < 4.78 is 0. The summed E-state index contributed by atoms with van der Waals surface area (Å²) in [6, 6.07) is 3.52. The van der Waals surface area contributed by atoms with Gasteiger partial charge in [0.2, 0.25) is 0 Å². The van der Waals surface area contributed by atoms with Crippen molar-refractivity contribution in [2.24, 2.45) is 5.73 Å². The van der Waals surface area contributed by atoms with Crippen LogP contribution in [0.4, 0.5) is 0 Å². The molecular weight excluding hydrogens is 138 g/mol. The zero-order valence-electron chi connectivity index (χ0n) is 5.83. The molecule has 3 N–H and O–H groups in total. The van der Waals surface area contributed by atoms with Crippen LogP contribution < -0.4 is 5.73 Å².